The molecule has 10 heteroatoms. The Kier molecular flexibility index (Phi) is 6.42. The molecule has 2 N–H and O–H groups in total. The molecular weight excluding hydrogens is 398 g/mol. The van der Waals surface area contributed by atoms with E-state index in [0.29, 0.717) is 16.0 Å². The van der Waals surface area contributed by atoms with Gasteiger partial charge in [0.1, 0.15) is 4.88 Å². The fraction of sp³-hybridized carbons (Fsp3) is 0.421. The highest BCUT2D eigenvalue weighted by Gasteiger charge is 2.23. The molecule has 9 nitrogen and oxygen atoms in total. The minimum absolute atomic E-state index is 0.0294. The van der Waals surface area contributed by atoms with Crippen molar-refractivity contribution < 1.29 is 24.0 Å². The quantitative estimate of drug-likeness (QED) is 0.434. The molecule has 1 heterocycles. The first-order chi connectivity index (χ1) is 13.8. The molecule has 1 aliphatic carbocycles. The van der Waals surface area contributed by atoms with E-state index >= 15 is 0 Å². The molecule has 1 fully saturated rings. The standard InChI is InChI=1S/C19H21N3O6S/c1-11-4-2-3-5-14(11)20-19(25)21-17(23)10-28-18(24)16-9-12-8-13(22(26)27)6-7-15(12)29-16/h6-9,11,14H,2-5,10H2,1H3,(H2,20,21,23,25)/t11-,14+/m0/s1. The molecule has 1 saturated carbocycles. The Morgan fingerprint density at radius 3 is 2.72 bits per heavy atom. The maximum Gasteiger partial charge on any atom is 0.348 e. The maximum atomic E-state index is 12.2. The summed E-state index contributed by atoms with van der Waals surface area (Å²) in [6, 6.07) is 5.18. The second-order valence-electron chi connectivity index (χ2n) is 7.06. The van der Waals surface area contributed by atoms with E-state index < -0.39 is 29.4 Å². The number of rotatable bonds is 5. The maximum absolute atomic E-state index is 12.2. The molecular formula is C19H21N3O6S. The van der Waals surface area contributed by atoms with Crippen molar-refractivity contribution in [1.82, 2.24) is 10.6 Å². The molecule has 154 valence electrons. The summed E-state index contributed by atoms with van der Waals surface area (Å²) in [5.74, 6) is -1.10. The number of non-ortho nitro benzene ring substituents is 1. The molecule has 3 rings (SSSR count). The van der Waals surface area contributed by atoms with Crippen LogP contribution in [0.2, 0.25) is 0 Å². The first-order valence-electron chi connectivity index (χ1n) is 9.29. The average molecular weight is 419 g/mol. The van der Waals surface area contributed by atoms with Crippen LogP contribution in [0, 0.1) is 16.0 Å². The Labute approximate surface area is 170 Å². The van der Waals surface area contributed by atoms with E-state index in [2.05, 4.69) is 17.6 Å². The van der Waals surface area contributed by atoms with Gasteiger partial charge in [-0.25, -0.2) is 9.59 Å². The summed E-state index contributed by atoms with van der Waals surface area (Å²) in [6.07, 6.45) is 4.09. The molecule has 1 aromatic carbocycles. The molecule has 0 saturated heterocycles. The molecule has 2 aromatic rings. The lowest BCUT2D eigenvalue weighted by Gasteiger charge is -2.29. The van der Waals surface area contributed by atoms with E-state index in [1.807, 2.05) is 0 Å². The van der Waals surface area contributed by atoms with Gasteiger partial charge in [-0.1, -0.05) is 19.8 Å². The Hall–Kier alpha value is -3.01. The van der Waals surface area contributed by atoms with Gasteiger partial charge in [-0.3, -0.25) is 20.2 Å². The number of nitro groups is 1. The zero-order valence-electron chi connectivity index (χ0n) is 15.8. The largest absolute Gasteiger partial charge is 0.451 e. The number of benzene rings is 1. The van der Waals surface area contributed by atoms with Crippen molar-refractivity contribution in [3.8, 4) is 0 Å². The van der Waals surface area contributed by atoms with Crippen molar-refractivity contribution in [3.63, 3.8) is 0 Å². The number of fused-ring (bicyclic) bond motifs is 1. The number of urea groups is 1. The summed E-state index contributed by atoms with van der Waals surface area (Å²) in [7, 11) is 0. The third kappa shape index (κ3) is 5.29. The van der Waals surface area contributed by atoms with Crippen LogP contribution in [0.25, 0.3) is 10.1 Å². The Morgan fingerprint density at radius 2 is 2.00 bits per heavy atom. The van der Waals surface area contributed by atoms with Gasteiger partial charge in [0.15, 0.2) is 6.61 Å². The molecule has 2 atom stereocenters. The number of amides is 3. The summed E-state index contributed by atoms with van der Waals surface area (Å²) >= 11 is 1.11. The fourth-order valence-electron chi connectivity index (χ4n) is 3.35. The average Bonchev–Trinajstić information content (AvgIpc) is 3.11. The van der Waals surface area contributed by atoms with E-state index in [0.717, 1.165) is 37.0 Å². The van der Waals surface area contributed by atoms with Gasteiger partial charge in [-0.05, 0) is 30.9 Å². The van der Waals surface area contributed by atoms with Crippen LogP contribution < -0.4 is 10.6 Å². The van der Waals surface area contributed by atoms with Gasteiger partial charge in [0.25, 0.3) is 11.6 Å². The van der Waals surface area contributed by atoms with E-state index in [1.54, 1.807) is 6.07 Å². The highest BCUT2D eigenvalue weighted by atomic mass is 32.1. The number of carbonyl (C=O) groups is 3. The predicted octanol–water partition coefficient (Wildman–Crippen LogP) is 3.37. The van der Waals surface area contributed by atoms with Crippen LogP contribution in [0.1, 0.15) is 42.3 Å². The third-order valence-electron chi connectivity index (χ3n) is 4.93. The SMILES string of the molecule is C[C@H]1CCCC[C@H]1NC(=O)NC(=O)COC(=O)c1cc2cc([N+](=O)[O-])ccc2s1. The summed E-state index contributed by atoms with van der Waals surface area (Å²) in [4.78, 5) is 46.5. The van der Waals surface area contributed by atoms with Gasteiger partial charge in [-0.2, -0.15) is 0 Å². The van der Waals surface area contributed by atoms with E-state index in [-0.39, 0.29) is 16.6 Å². The second-order valence-corrected chi connectivity index (χ2v) is 8.14. The lowest BCUT2D eigenvalue weighted by molar-refractivity contribution is -0.384. The van der Waals surface area contributed by atoms with Crippen LogP contribution in [0.4, 0.5) is 10.5 Å². The van der Waals surface area contributed by atoms with Gasteiger partial charge in [0.2, 0.25) is 0 Å². The van der Waals surface area contributed by atoms with Crippen molar-refractivity contribution in [2.24, 2.45) is 5.92 Å². The number of ether oxygens (including phenoxy) is 1. The minimum Gasteiger partial charge on any atom is -0.451 e. The number of hydrogen-bond acceptors (Lipinski definition) is 7. The summed E-state index contributed by atoms with van der Waals surface area (Å²) in [5, 5.41) is 16.3. The molecule has 1 aromatic heterocycles. The second kappa shape index (κ2) is 8.99. The van der Waals surface area contributed by atoms with Crippen molar-refractivity contribution in [1.29, 1.82) is 0 Å². The summed E-state index contributed by atoms with van der Waals surface area (Å²) in [6.45, 7) is 1.47. The van der Waals surface area contributed by atoms with Gasteiger partial charge in [0.05, 0.1) is 4.92 Å². The fourth-order valence-corrected chi connectivity index (χ4v) is 4.28. The van der Waals surface area contributed by atoms with Gasteiger partial charge < -0.3 is 10.1 Å². The Bertz CT molecular complexity index is 957. The molecule has 3 amide bonds. The molecule has 0 unspecified atom stereocenters. The number of hydrogen-bond donors (Lipinski definition) is 2. The topological polar surface area (TPSA) is 128 Å². The molecule has 29 heavy (non-hydrogen) atoms. The molecule has 1 aliphatic rings. The molecule has 0 aliphatic heterocycles. The van der Waals surface area contributed by atoms with Gasteiger partial charge in [0, 0.05) is 28.3 Å². The molecule has 0 radical (unpaired) electrons. The van der Waals surface area contributed by atoms with Crippen molar-refractivity contribution in [2.45, 2.75) is 38.6 Å². The number of nitrogens with zero attached hydrogens (tertiary/aromatic N) is 1. The Balaban J connectivity index is 1.50. The monoisotopic (exact) mass is 419 g/mol. The van der Waals surface area contributed by atoms with Crippen LogP contribution >= 0.6 is 11.3 Å². The van der Waals surface area contributed by atoms with Crippen molar-refractivity contribution in [3.05, 3.63) is 39.3 Å². The smallest absolute Gasteiger partial charge is 0.348 e. The zero-order valence-corrected chi connectivity index (χ0v) is 16.6. The van der Waals surface area contributed by atoms with Gasteiger partial charge in [-0.15, -0.1) is 11.3 Å². The summed E-state index contributed by atoms with van der Waals surface area (Å²) in [5.41, 5.74) is -0.0760. The highest BCUT2D eigenvalue weighted by molar-refractivity contribution is 7.20. The number of esters is 1. The third-order valence-corrected chi connectivity index (χ3v) is 6.02. The number of carbonyl (C=O) groups excluding carboxylic acids is 3. The number of nitro benzene ring substituents is 1. The van der Waals surface area contributed by atoms with Crippen LogP contribution in [0.5, 0.6) is 0 Å². The first-order valence-corrected chi connectivity index (χ1v) is 10.1. The minimum atomic E-state index is -0.731. The highest BCUT2D eigenvalue weighted by Crippen LogP contribution is 2.29. The van der Waals surface area contributed by atoms with Crippen LogP contribution in [0.3, 0.4) is 0 Å². The van der Waals surface area contributed by atoms with Crippen LogP contribution in [-0.2, 0) is 9.53 Å². The number of thiophene rings is 1. The molecule has 0 bridgehead atoms. The van der Waals surface area contributed by atoms with E-state index in [9.17, 15) is 24.5 Å². The lowest BCUT2D eigenvalue weighted by Crippen LogP contribution is -2.48. The zero-order chi connectivity index (χ0) is 21.0. The predicted molar refractivity (Wildman–Crippen MR) is 107 cm³/mol. The summed E-state index contributed by atoms with van der Waals surface area (Å²) < 4.78 is 5.64. The van der Waals surface area contributed by atoms with Crippen LogP contribution in [0.15, 0.2) is 24.3 Å². The number of nitrogens with one attached hydrogen (secondary N) is 2. The van der Waals surface area contributed by atoms with Crippen molar-refractivity contribution >= 4 is 45.0 Å². The van der Waals surface area contributed by atoms with E-state index in [4.69, 9.17) is 4.74 Å². The number of imide groups is 1. The Morgan fingerprint density at radius 1 is 1.24 bits per heavy atom. The normalized spacial score (nSPS) is 18.8. The van der Waals surface area contributed by atoms with Gasteiger partial charge >= 0.3 is 12.0 Å². The first kappa shape index (κ1) is 20.7. The van der Waals surface area contributed by atoms with E-state index in [1.165, 1.54) is 18.2 Å². The van der Waals surface area contributed by atoms with Crippen molar-refractivity contribution in [2.75, 3.05) is 6.61 Å². The van der Waals surface area contributed by atoms with Crippen LogP contribution in [-0.4, -0.2) is 35.5 Å². The molecule has 0 spiro atoms. The lowest BCUT2D eigenvalue weighted by atomic mass is 9.86.